The van der Waals surface area contributed by atoms with E-state index in [-0.39, 0.29) is 11.7 Å². The highest BCUT2D eigenvalue weighted by atomic mass is 19.1. The highest BCUT2D eigenvalue weighted by molar-refractivity contribution is 5.34. The van der Waals surface area contributed by atoms with Gasteiger partial charge in [0.1, 0.15) is 5.82 Å². The fraction of sp³-hybridized carbons (Fsp3) is 0.333. The zero-order valence-corrected chi connectivity index (χ0v) is 12.5. The summed E-state index contributed by atoms with van der Waals surface area (Å²) in [5.41, 5.74) is 2.27. The highest BCUT2D eigenvalue weighted by Gasteiger charge is 2.17. The topological polar surface area (TPSA) is 25.4 Å². The van der Waals surface area contributed by atoms with E-state index < -0.39 is 0 Å². The molecule has 2 heterocycles. The Kier molecular flexibility index (Phi) is 5.14. The molecule has 4 heteroatoms. The molecule has 1 aromatic heterocycles. The Morgan fingerprint density at radius 1 is 1.05 bits per heavy atom. The van der Waals surface area contributed by atoms with Gasteiger partial charge in [-0.1, -0.05) is 12.1 Å². The van der Waals surface area contributed by atoms with E-state index in [1.165, 1.54) is 17.7 Å². The normalized spacial score (nSPS) is 17.3. The minimum Gasteiger partial charge on any atom is -0.379 e. The van der Waals surface area contributed by atoms with Crippen molar-refractivity contribution in [2.45, 2.75) is 5.92 Å². The second-order valence-electron chi connectivity index (χ2n) is 5.46. The Balaban J connectivity index is 1.75. The molecule has 0 aliphatic carbocycles. The fourth-order valence-electron chi connectivity index (χ4n) is 2.74. The van der Waals surface area contributed by atoms with Crippen LogP contribution in [-0.4, -0.2) is 42.7 Å². The molecule has 1 unspecified atom stereocenters. The predicted octanol–water partition coefficient (Wildman–Crippen LogP) is 2.89. The molecule has 1 fully saturated rings. The molecule has 3 nitrogen and oxygen atoms in total. The standard InChI is InChI=1S/C18H20FN2O/c19-17-3-1-15(2-4-17)18(16-5-8-20-9-6-16)7-10-21-11-13-22-14-12-21/h1-9,18H,10-14H2. The van der Waals surface area contributed by atoms with E-state index >= 15 is 0 Å². The summed E-state index contributed by atoms with van der Waals surface area (Å²) in [6.07, 6.45) is 5.89. The lowest BCUT2D eigenvalue weighted by Crippen LogP contribution is -2.37. The Labute approximate surface area is 130 Å². The number of rotatable bonds is 5. The van der Waals surface area contributed by atoms with Gasteiger partial charge in [0.05, 0.1) is 13.2 Å². The molecule has 0 N–H and O–H groups in total. The lowest BCUT2D eigenvalue weighted by Gasteiger charge is -2.28. The van der Waals surface area contributed by atoms with Crippen LogP contribution in [0.3, 0.4) is 0 Å². The molecular weight excluding hydrogens is 279 g/mol. The van der Waals surface area contributed by atoms with Crippen molar-refractivity contribution in [2.75, 3.05) is 32.8 Å². The van der Waals surface area contributed by atoms with Gasteiger partial charge in [-0.05, 0) is 41.8 Å². The van der Waals surface area contributed by atoms with E-state index in [2.05, 4.69) is 16.3 Å². The van der Waals surface area contributed by atoms with Crippen LogP contribution in [0.25, 0.3) is 0 Å². The van der Waals surface area contributed by atoms with Crippen molar-refractivity contribution < 1.29 is 9.13 Å². The first kappa shape index (κ1) is 15.1. The number of hydrogen-bond acceptors (Lipinski definition) is 3. The number of benzene rings is 1. The molecule has 0 bridgehead atoms. The first-order chi connectivity index (χ1) is 10.8. The van der Waals surface area contributed by atoms with Crippen molar-refractivity contribution in [3.63, 3.8) is 0 Å². The third-order valence-corrected chi connectivity index (χ3v) is 4.00. The van der Waals surface area contributed by atoms with Gasteiger partial charge in [0, 0.05) is 37.9 Å². The quantitative estimate of drug-likeness (QED) is 0.849. The van der Waals surface area contributed by atoms with Crippen LogP contribution in [0.15, 0.2) is 48.8 Å². The molecule has 3 rings (SSSR count). The van der Waals surface area contributed by atoms with Gasteiger partial charge in [-0.2, -0.15) is 0 Å². The largest absolute Gasteiger partial charge is 0.379 e. The number of morpholine rings is 1. The van der Waals surface area contributed by atoms with Crippen molar-refractivity contribution in [3.8, 4) is 0 Å². The third-order valence-electron chi connectivity index (χ3n) is 4.00. The Morgan fingerprint density at radius 3 is 2.36 bits per heavy atom. The van der Waals surface area contributed by atoms with Gasteiger partial charge in [0.2, 0.25) is 0 Å². The van der Waals surface area contributed by atoms with Crippen molar-refractivity contribution in [2.24, 2.45) is 0 Å². The van der Waals surface area contributed by atoms with Gasteiger partial charge in [0.25, 0.3) is 0 Å². The van der Waals surface area contributed by atoms with E-state index in [4.69, 9.17) is 4.74 Å². The molecule has 0 spiro atoms. The van der Waals surface area contributed by atoms with E-state index in [0.29, 0.717) is 0 Å². The first-order valence-electron chi connectivity index (χ1n) is 7.62. The average molecular weight is 299 g/mol. The maximum Gasteiger partial charge on any atom is 0.123 e. The smallest absolute Gasteiger partial charge is 0.123 e. The molecular formula is C18H20FN2O. The van der Waals surface area contributed by atoms with Gasteiger partial charge in [-0.15, -0.1) is 0 Å². The summed E-state index contributed by atoms with van der Waals surface area (Å²) in [4.78, 5) is 6.46. The van der Waals surface area contributed by atoms with Crippen LogP contribution in [0.4, 0.5) is 4.39 Å². The lowest BCUT2D eigenvalue weighted by atomic mass is 9.89. The van der Waals surface area contributed by atoms with E-state index in [0.717, 1.165) is 38.4 Å². The van der Waals surface area contributed by atoms with Gasteiger partial charge >= 0.3 is 0 Å². The third kappa shape index (κ3) is 3.90. The van der Waals surface area contributed by atoms with Crippen LogP contribution in [-0.2, 0) is 4.74 Å². The van der Waals surface area contributed by atoms with Gasteiger partial charge < -0.3 is 4.74 Å². The molecule has 1 saturated heterocycles. The van der Waals surface area contributed by atoms with E-state index in [1.807, 2.05) is 24.3 Å². The summed E-state index contributed by atoms with van der Waals surface area (Å²) in [5.74, 6) is -0.0585. The number of pyridine rings is 1. The average Bonchev–Trinajstić information content (AvgIpc) is 2.58. The number of ether oxygens (including phenoxy) is 1. The number of aromatic nitrogens is 1. The Hall–Kier alpha value is -1.78. The number of halogens is 1. The zero-order chi connectivity index (χ0) is 15.2. The van der Waals surface area contributed by atoms with Gasteiger partial charge in [-0.3, -0.25) is 9.88 Å². The second-order valence-corrected chi connectivity index (χ2v) is 5.46. The van der Waals surface area contributed by atoms with Crippen molar-refractivity contribution in [1.82, 2.24) is 9.88 Å². The van der Waals surface area contributed by atoms with Gasteiger partial charge in [-0.25, -0.2) is 4.39 Å². The van der Waals surface area contributed by atoms with Crippen LogP contribution in [0.2, 0.25) is 0 Å². The molecule has 1 aliphatic rings. The Bertz CT molecular complexity index is 567. The molecule has 1 aliphatic heterocycles. The Morgan fingerprint density at radius 2 is 1.68 bits per heavy atom. The fourth-order valence-corrected chi connectivity index (χ4v) is 2.74. The molecule has 115 valence electrons. The summed E-state index contributed by atoms with van der Waals surface area (Å²) < 4.78 is 18.6. The maximum atomic E-state index is 13.2. The molecule has 22 heavy (non-hydrogen) atoms. The SMILES string of the molecule is Fc1ccc(C([CH]CN2CCOCC2)c2ccncc2)cc1. The van der Waals surface area contributed by atoms with Crippen LogP contribution < -0.4 is 0 Å². The van der Waals surface area contributed by atoms with E-state index in [9.17, 15) is 4.39 Å². The number of hydrogen-bond donors (Lipinski definition) is 0. The molecule has 1 radical (unpaired) electrons. The zero-order valence-electron chi connectivity index (χ0n) is 12.5. The van der Waals surface area contributed by atoms with Crippen LogP contribution >= 0.6 is 0 Å². The predicted molar refractivity (Wildman–Crippen MR) is 84.0 cm³/mol. The van der Waals surface area contributed by atoms with Crippen molar-refractivity contribution in [1.29, 1.82) is 0 Å². The summed E-state index contributed by atoms with van der Waals surface area (Å²) in [5, 5.41) is 0. The van der Waals surface area contributed by atoms with Crippen LogP contribution in [0.5, 0.6) is 0 Å². The molecule has 1 atom stereocenters. The monoisotopic (exact) mass is 299 g/mol. The molecule has 2 aromatic rings. The summed E-state index contributed by atoms with van der Waals surface area (Å²) in [6.45, 7) is 4.41. The molecule has 1 aromatic carbocycles. The van der Waals surface area contributed by atoms with Gasteiger partial charge in [0.15, 0.2) is 0 Å². The summed E-state index contributed by atoms with van der Waals surface area (Å²) >= 11 is 0. The van der Waals surface area contributed by atoms with Crippen LogP contribution in [0.1, 0.15) is 17.0 Å². The van der Waals surface area contributed by atoms with Crippen molar-refractivity contribution in [3.05, 3.63) is 72.2 Å². The summed E-state index contributed by atoms with van der Waals surface area (Å²) in [7, 11) is 0. The van der Waals surface area contributed by atoms with E-state index in [1.54, 1.807) is 12.4 Å². The number of nitrogens with zero attached hydrogens (tertiary/aromatic N) is 2. The first-order valence-corrected chi connectivity index (χ1v) is 7.62. The maximum absolute atomic E-state index is 13.2. The molecule has 0 amide bonds. The highest BCUT2D eigenvalue weighted by Crippen LogP contribution is 2.27. The van der Waals surface area contributed by atoms with Crippen molar-refractivity contribution >= 4 is 0 Å². The minimum atomic E-state index is -0.203. The van der Waals surface area contributed by atoms with Crippen LogP contribution in [0, 0.1) is 12.2 Å². The second kappa shape index (κ2) is 7.47. The molecule has 0 saturated carbocycles. The minimum absolute atomic E-state index is 0.145. The lowest BCUT2D eigenvalue weighted by molar-refractivity contribution is 0.0414. The summed E-state index contributed by atoms with van der Waals surface area (Å²) in [6, 6.07) is 10.8.